The first kappa shape index (κ1) is 15.7. The third-order valence-electron chi connectivity index (χ3n) is 1.61. The van der Waals surface area contributed by atoms with E-state index >= 15 is 0 Å². The maximum absolute atomic E-state index is 13.2. The first-order valence-electron chi connectivity index (χ1n) is 4.10. The maximum Gasteiger partial charge on any atom is 1.00 e. The first-order chi connectivity index (χ1) is 7.04. The van der Waals surface area contributed by atoms with Crippen LogP contribution in [0.15, 0.2) is 18.2 Å². The number of amides is 1. The number of halogens is 1. The maximum atomic E-state index is 13.2. The number of carbonyl (C=O) groups is 2. The summed E-state index contributed by atoms with van der Waals surface area (Å²) >= 11 is 0. The van der Waals surface area contributed by atoms with Gasteiger partial charge in [0.05, 0.1) is 0 Å². The van der Waals surface area contributed by atoms with Gasteiger partial charge in [0.15, 0.2) is 11.6 Å². The van der Waals surface area contributed by atoms with E-state index in [0.29, 0.717) is 0 Å². The fourth-order valence-corrected chi connectivity index (χ4v) is 0.982. The van der Waals surface area contributed by atoms with Crippen molar-refractivity contribution >= 4 is 11.9 Å². The minimum Gasteiger partial charge on any atom is -0.504 e. The molecule has 1 amide bonds. The summed E-state index contributed by atoms with van der Waals surface area (Å²) in [4.78, 5) is 21.6. The molecule has 0 aliphatic heterocycles. The molecule has 0 unspecified atom stereocenters. The molecule has 0 radical (unpaired) electrons. The van der Waals surface area contributed by atoms with E-state index < -0.39 is 17.7 Å². The molecular formula is C10H9FKNO3. The Labute approximate surface area is 135 Å². The molecule has 1 N–H and O–H groups in total. The van der Waals surface area contributed by atoms with Gasteiger partial charge in [-0.2, -0.15) is 0 Å². The van der Waals surface area contributed by atoms with E-state index in [1.807, 2.05) is 0 Å². The van der Waals surface area contributed by atoms with Crippen molar-refractivity contribution < 1.29 is 70.1 Å². The molecule has 0 saturated carbocycles. The number of esters is 1. The summed E-state index contributed by atoms with van der Waals surface area (Å²) in [6.45, 7) is 1.16. The third kappa shape index (κ3) is 4.30. The first-order valence-corrected chi connectivity index (χ1v) is 4.10. The number of hydrogen-bond acceptors (Lipinski definition) is 3. The van der Waals surface area contributed by atoms with Crippen molar-refractivity contribution in [2.45, 2.75) is 6.92 Å². The molecule has 0 heterocycles. The molecule has 0 spiro atoms. The van der Waals surface area contributed by atoms with Gasteiger partial charge in [0, 0.05) is 12.5 Å². The van der Waals surface area contributed by atoms with Crippen LogP contribution in [-0.4, -0.2) is 11.9 Å². The zero-order valence-electron chi connectivity index (χ0n) is 9.04. The molecule has 0 fully saturated rings. The molecule has 1 aromatic rings. The largest absolute Gasteiger partial charge is 1.00 e. The molecule has 1 aromatic carbocycles. The Bertz CT molecular complexity index is 409. The van der Waals surface area contributed by atoms with Crippen LogP contribution in [0.3, 0.4) is 0 Å². The van der Waals surface area contributed by atoms with Crippen LogP contribution in [-0.2, 0) is 4.79 Å². The van der Waals surface area contributed by atoms with Crippen LogP contribution >= 0.6 is 0 Å². The molecule has 1 rings (SSSR count). The van der Waals surface area contributed by atoms with Crippen molar-refractivity contribution in [3.8, 4) is 5.75 Å². The summed E-state index contributed by atoms with van der Waals surface area (Å²) in [5, 5.41) is 2.11. The van der Waals surface area contributed by atoms with Crippen molar-refractivity contribution in [3.05, 3.63) is 36.6 Å². The second-order valence-corrected chi connectivity index (χ2v) is 2.74. The third-order valence-corrected chi connectivity index (χ3v) is 1.61. The van der Waals surface area contributed by atoms with Crippen LogP contribution in [0.1, 0.15) is 17.3 Å². The molecule has 4 nitrogen and oxygen atoms in total. The Balaban J connectivity index is 0.00000225. The van der Waals surface area contributed by atoms with E-state index in [1.165, 1.54) is 12.1 Å². The average molecular weight is 249 g/mol. The van der Waals surface area contributed by atoms with Crippen molar-refractivity contribution in [1.82, 2.24) is 5.32 Å². The minimum absolute atomic E-state index is 0. The molecular weight excluding hydrogens is 240 g/mol. The molecule has 0 atom stereocenters. The number of benzene rings is 1. The topological polar surface area (TPSA) is 55.4 Å². The molecule has 16 heavy (non-hydrogen) atoms. The van der Waals surface area contributed by atoms with E-state index in [2.05, 4.69) is 17.1 Å². The second-order valence-electron chi connectivity index (χ2n) is 2.74. The summed E-state index contributed by atoms with van der Waals surface area (Å²) in [6, 6.07) is 3.52. The van der Waals surface area contributed by atoms with Crippen molar-refractivity contribution in [2.24, 2.45) is 0 Å². The van der Waals surface area contributed by atoms with Crippen LogP contribution in [0, 0.1) is 12.9 Å². The van der Waals surface area contributed by atoms with E-state index in [0.717, 1.165) is 13.0 Å². The molecule has 0 aromatic heterocycles. The van der Waals surface area contributed by atoms with Gasteiger partial charge < -0.3 is 10.1 Å². The van der Waals surface area contributed by atoms with Gasteiger partial charge in [0.25, 0.3) is 0 Å². The number of rotatable bonds is 2. The Hall–Kier alpha value is -0.274. The van der Waals surface area contributed by atoms with Crippen molar-refractivity contribution in [3.63, 3.8) is 0 Å². The Kier molecular flexibility index (Phi) is 7.01. The Morgan fingerprint density at radius 3 is 2.50 bits per heavy atom. The van der Waals surface area contributed by atoms with Gasteiger partial charge in [-0.1, -0.05) is 0 Å². The van der Waals surface area contributed by atoms with Crippen LogP contribution in [0.25, 0.3) is 0 Å². The number of hydrogen-bond donors (Lipinski definition) is 1. The Morgan fingerprint density at radius 2 is 2.06 bits per heavy atom. The summed E-state index contributed by atoms with van der Waals surface area (Å²) in [5.41, 5.74) is 0.110. The van der Waals surface area contributed by atoms with Crippen LogP contribution in [0.2, 0.25) is 0 Å². The zero-order chi connectivity index (χ0) is 11.4. The van der Waals surface area contributed by atoms with Gasteiger partial charge in [-0.3, -0.25) is 16.6 Å². The SMILES string of the molecule is [CH2-]NC(=O)c1ccc(OC(C)=O)c(F)c1.[K+]. The summed E-state index contributed by atoms with van der Waals surface area (Å²) < 4.78 is 17.8. The summed E-state index contributed by atoms with van der Waals surface area (Å²) in [5.74, 6) is -2.11. The molecule has 0 aliphatic carbocycles. The fourth-order valence-electron chi connectivity index (χ4n) is 0.982. The second kappa shape index (κ2) is 7.13. The summed E-state index contributed by atoms with van der Waals surface area (Å²) in [6.07, 6.45) is 0. The zero-order valence-corrected chi connectivity index (χ0v) is 12.2. The predicted molar refractivity (Wildman–Crippen MR) is 50.5 cm³/mol. The minimum atomic E-state index is -0.772. The van der Waals surface area contributed by atoms with E-state index in [4.69, 9.17) is 0 Å². The smallest absolute Gasteiger partial charge is 0.504 e. The van der Waals surface area contributed by atoms with Crippen LogP contribution in [0.5, 0.6) is 5.75 Å². The van der Waals surface area contributed by atoms with Crippen molar-refractivity contribution in [2.75, 3.05) is 0 Å². The molecule has 0 aliphatic rings. The van der Waals surface area contributed by atoms with Gasteiger partial charge in [0.2, 0.25) is 5.91 Å². The van der Waals surface area contributed by atoms with E-state index in [1.54, 1.807) is 0 Å². The molecule has 6 heteroatoms. The number of carbonyl (C=O) groups excluding carboxylic acids is 2. The monoisotopic (exact) mass is 249 g/mol. The van der Waals surface area contributed by atoms with Gasteiger partial charge in [-0.05, 0) is 18.2 Å². The van der Waals surface area contributed by atoms with Gasteiger partial charge in [-0.25, -0.2) is 4.39 Å². The number of nitrogens with one attached hydrogen (secondary N) is 1. The van der Waals surface area contributed by atoms with Gasteiger partial charge in [0.1, 0.15) is 0 Å². The fraction of sp³-hybridized carbons (Fsp3) is 0.100. The normalized spacial score (nSPS) is 8.94. The molecule has 0 saturated heterocycles. The predicted octanol–water partition coefficient (Wildman–Crippen LogP) is -1.72. The molecule has 0 bridgehead atoms. The standard InChI is InChI=1S/C10H9FNO3.K/c1-6(13)15-9-4-3-7(5-8(9)11)10(14)12-2;/h3-5H,2H2,1H3,(H,12,14);/q-1;+1. The average Bonchev–Trinajstić information content (AvgIpc) is 2.19. The van der Waals surface area contributed by atoms with Gasteiger partial charge >= 0.3 is 57.4 Å². The van der Waals surface area contributed by atoms with Gasteiger partial charge in [-0.15, -0.1) is 0 Å². The number of ether oxygens (including phenoxy) is 1. The van der Waals surface area contributed by atoms with E-state index in [-0.39, 0.29) is 62.7 Å². The van der Waals surface area contributed by atoms with Crippen molar-refractivity contribution in [1.29, 1.82) is 0 Å². The van der Waals surface area contributed by atoms with Crippen LogP contribution < -0.4 is 61.4 Å². The Morgan fingerprint density at radius 1 is 1.44 bits per heavy atom. The molecule has 80 valence electrons. The quantitative estimate of drug-likeness (QED) is 0.293. The van der Waals surface area contributed by atoms with E-state index in [9.17, 15) is 14.0 Å². The van der Waals surface area contributed by atoms with Crippen LogP contribution in [0.4, 0.5) is 4.39 Å². The summed E-state index contributed by atoms with van der Waals surface area (Å²) in [7, 11) is 3.16.